The minimum atomic E-state index is 0.344. The fraction of sp³-hybridized carbons (Fsp3) is 0.200. The van der Waals surface area contributed by atoms with Crippen LogP contribution in [0.4, 0.5) is 0 Å². The molecular formula is C10H9ClOS2. The molecule has 0 amide bonds. The van der Waals surface area contributed by atoms with E-state index in [1.807, 2.05) is 18.4 Å². The molecule has 0 radical (unpaired) electrons. The van der Waals surface area contributed by atoms with E-state index in [0.717, 1.165) is 15.6 Å². The van der Waals surface area contributed by atoms with E-state index in [0.29, 0.717) is 10.9 Å². The van der Waals surface area contributed by atoms with E-state index in [1.165, 1.54) is 16.2 Å². The van der Waals surface area contributed by atoms with Gasteiger partial charge in [0.25, 0.3) is 0 Å². The van der Waals surface area contributed by atoms with Gasteiger partial charge in [0, 0.05) is 15.8 Å². The molecule has 0 aliphatic carbocycles. The molecule has 0 saturated heterocycles. The van der Waals surface area contributed by atoms with Gasteiger partial charge in [-0.15, -0.1) is 23.4 Å². The zero-order valence-electron chi connectivity index (χ0n) is 7.58. The number of thioether (sulfide) groups is 1. The molecule has 0 aliphatic heterocycles. The van der Waals surface area contributed by atoms with Crippen LogP contribution in [-0.4, -0.2) is 11.4 Å². The Labute approximate surface area is 95.7 Å². The van der Waals surface area contributed by atoms with Crippen LogP contribution in [0.15, 0.2) is 23.1 Å². The van der Waals surface area contributed by atoms with Gasteiger partial charge in [0.05, 0.1) is 10.6 Å². The molecular weight excluding hydrogens is 236 g/mol. The number of alkyl halides is 1. The van der Waals surface area contributed by atoms with Gasteiger partial charge in [0.1, 0.15) is 0 Å². The molecule has 2 aromatic rings. The van der Waals surface area contributed by atoms with Crippen LogP contribution in [0.5, 0.6) is 5.06 Å². The van der Waals surface area contributed by atoms with E-state index in [9.17, 15) is 5.11 Å². The largest absolute Gasteiger partial charge is 0.499 e. The molecule has 0 saturated carbocycles. The molecule has 74 valence electrons. The Balaban J connectivity index is 2.79. The molecule has 2 rings (SSSR count). The second-order valence-corrected chi connectivity index (χ2v) is 4.97. The summed E-state index contributed by atoms with van der Waals surface area (Å²) in [4.78, 5) is 1.19. The SMILES string of the molecule is CSc1cccc2c(CCl)c(O)sc12. The lowest BCUT2D eigenvalue weighted by Gasteiger charge is -1.97. The molecule has 14 heavy (non-hydrogen) atoms. The summed E-state index contributed by atoms with van der Waals surface area (Å²) < 4.78 is 1.13. The predicted molar refractivity (Wildman–Crippen MR) is 64.8 cm³/mol. The van der Waals surface area contributed by atoms with Gasteiger partial charge in [0.2, 0.25) is 0 Å². The molecule has 0 aliphatic rings. The number of hydrogen-bond acceptors (Lipinski definition) is 3. The lowest BCUT2D eigenvalue weighted by molar-refractivity contribution is 0.487. The molecule has 0 bridgehead atoms. The topological polar surface area (TPSA) is 20.2 Å². The van der Waals surface area contributed by atoms with Gasteiger partial charge in [-0.3, -0.25) is 0 Å². The Bertz CT molecular complexity index is 464. The molecule has 1 N–H and O–H groups in total. The van der Waals surface area contributed by atoms with Crippen molar-refractivity contribution < 1.29 is 5.11 Å². The van der Waals surface area contributed by atoms with Crippen LogP contribution < -0.4 is 0 Å². The number of aromatic hydroxyl groups is 1. The van der Waals surface area contributed by atoms with Gasteiger partial charge in [-0.05, 0) is 12.3 Å². The van der Waals surface area contributed by atoms with Gasteiger partial charge >= 0.3 is 0 Å². The van der Waals surface area contributed by atoms with E-state index in [-0.39, 0.29) is 0 Å². The van der Waals surface area contributed by atoms with E-state index in [2.05, 4.69) is 6.07 Å². The first-order chi connectivity index (χ1) is 6.77. The molecule has 0 atom stereocenters. The van der Waals surface area contributed by atoms with Crippen LogP contribution in [-0.2, 0) is 5.88 Å². The molecule has 4 heteroatoms. The highest BCUT2D eigenvalue weighted by molar-refractivity contribution is 7.99. The summed E-state index contributed by atoms with van der Waals surface area (Å²) in [5.41, 5.74) is 0.850. The van der Waals surface area contributed by atoms with Crippen molar-refractivity contribution in [1.29, 1.82) is 0 Å². The normalized spacial score (nSPS) is 11.0. The standard InChI is InChI=1S/C10H9ClOS2/c1-13-8-4-2-3-6-7(5-11)10(12)14-9(6)8/h2-4,12H,5H2,1H3. The van der Waals surface area contributed by atoms with Crippen molar-refractivity contribution in [3.63, 3.8) is 0 Å². The van der Waals surface area contributed by atoms with Crippen molar-refractivity contribution in [2.75, 3.05) is 6.26 Å². The fourth-order valence-electron chi connectivity index (χ4n) is 1.42. The number of rotatable bonds is 2. The smallest absolute Gasteiger partial charge is 0.176 e. The van der Waals surface area contributed by atoms with Crippen molar-refractivity contribution in [3.8, 4) is 5.06 Å². The molecule has 0 fully saturated rings. The number of fused-ring (bicyclic) bond motifs is 1. The van der Waals surface area contributed by atoms with Crippen LogP contribution in [0, 0.1) is 0 Å². The summed E-state index contributed by atoms with van der Waals surface area (Å²) in [7, 11) is 0. The van der Waals surface area contributed by atoms with Crippen LogP contribution >= 0.6 is 34.7 Å². The lowest BCUT2D eigenvalue weighted by Crippen LogP contribution is -1.75. The monoisotopic (exact) mass is 244 g/mol. The second kappa shape index (κ2) is 4.01. The van der Waals surface area contributed by atoms with Crippen molar-refractivity contribution in [2.45, 2.75) is 10.8 Å². The van der Waals surface area contributed by atoms with Gasteiger partial charge in [-0.25, -0.2) is 0 Å². The third-order valence-electron chi connectivity index (χ3n) is 2.11. The summed E-state index contributed by atoms with van der Waals surface area (Å²) in [5.74, 6) is 0.365. The first-order valence-electron chi connectivity index (χ1n) is 4.11. The highest BCUT2D eigenvalue weighted by Gasteiger charge is 2.12. The molecule has 0 unspecified atom stereocenters. The van der Waals surface area contributed by atoms with Crippen molar-refractivity contribution in [3.05, 3.63) is 23.8 Å². The summed E-state index contributed by atoms with van der Waals surface area (Å²) in [5, 5.41) is 11.1. The van der Waals surface area contributed by atoms with E-state index in [4.69, 9.17) is 11.6 Å². The van der Waals surface area contributed by atoms with Crippen LogP contribution in [0.1, 0.15) is 5.56 Å². The van der Waals surface area contributed by atoms with Crippen LogP contribution in [0.3, 0.4) is 0 Å². The summed E-state index contributed by atoms with van der Waals surface area (Å²) in [6.07, 6.45) is 2.03. The molecule has 1 aromatic heterocycles. The van der Waals surface area contributed by atoms with Gasteiger partial charge < -0.3 is 5.11 Å². The molecule has 1 heterocycles. The van der Waals surface area contributed by atoms with Gasteiger partial charge in [-0.1, -0.05) is 23.5 Å². The first kappa shape index (κ1) is 10.1. The number of thiophene rings is 1. The maximum Gasteiger partial charge on any atom is 0.176 e. The zero-order chi connectivity index (χ0) is 10.1. The minimum absolute atomic E-state index is 0.344. The second-order valence-electron chi connectivity index (χ2n) is 2.86. The number of halogens is 1. The summed E-state index contributed by atoms with van der Waals surface area (Å²) in [6, 6.07) is 6.06. The van der Waals surface area contributed by atoms with Crippen molar-refractivity contribution in [1.82, 2.24) is 0 Å². The Morgan fingerprint density at radius 2 is 2.29 bits per heavy atom. The number of hydrogen-bond donors (Lipinski definition) is 1. The first-order valence-corrected chi connectivity index (χ1v) is 6.68. The molecule has 1 aromatic carbocycles. The average Bonchev–Trinajstić information content (AvgIpc) is 2.52. The van der Waals surface area contributed by atoms with Crippen molar-refractivity contribution >= 4 is 44.8 Å². The minimum Gasteiger partial charge on any atom is -0.499 e. The van der Waals surface area contributed by atoms with E-state index in [1.54, 1.807) is 11.8 Å². The van der Waals surface area contributed by atoms with Crippen molar-refractivity contribution in [2.24, 2.45) is 0 Å². The van der Waals surface area contributed by atoms with Crippen LogP contribution in [0.25, 0.3) is 10.1 Å². The lowest BCUT2D eigenvalue weighted by atomic mass is 10.2. The fourth-order valence-corrected chi connectivity index (χ4v) is 3.63. The number of benzene rings is 1. The third-order valence-corrected chi connectivity index (χ3v) is 4.37. The summed E-state index contributed by atoms with van der Waals surface area (Å²) >= 11 is 8.88. The highest BCUT2D eigenvalue weighted by Crippen LogP contribution is 2.41. The Morgan fingerprint density at radius 3 is 2.93 bits per heavy atom. The Morgan fingerprint density at radius 1 is 1.50 bits per heavy atom. The quantitative estimate of drug-likeness (QED) is 0.635. The van der Waals surface area contributed by atoms with Crippen LogP contribution in [0.2, 0.25) is 0 Å². The van der Waals surface area contributed by atoms with Gasteiger partial charge in [0.15, 0.2) is 5.06 Å². The average molecular weight is 245 g/mol. The third kappa shape index (κ3) is 1.49. The molecule has 1 nitrogen and oxygen atoms in total. The maximum absolute atomic E-state index is 9.68. The van der Waals surface area contributed by atoms with Gasteiger partial charge in [-0.2, -0.15) is 0 Å². The van der Waals surface area contributed by atoms with E-state index >= 15 is 0 Å². The Hall–Kier alpha value is -0.380. The van der Waals surface area contributed by atoms with E-state index < -0.39 is 0 Å². The maximum atomic E-state index is 9.68. The zero-order valence-corrected chi connectivity index (χ0v) is 9.97. The summed E-state index contributed by atoms with van der Waals surface area (Å²) in [6.45, 7) is 0. The Kier molecular flexibility index (Phi) is 2.91. The molecule has 0 spiro atoms. The highest BCUT2D eigenvalue weighted by atomic mass is 35.5. The predicted octanol–water partition coefficient (Wildman–Crippen LogP) is 4.07.